The number of amides is 2. The third-order valence-electron chi connectivity index (χ3n) is 2.39. The summed E-state index contributed by atoms with van der Waals surface area (Å²) in [6.45, 7) is -1.12. The highest BCUT2D eigenvalue weighted by molar-refractivity contribution is 7.12. The van der Waals surface area contributed by atoms with Gasteiger partial charge in [-0.3, -0.25) is 14.4 Å². The van der Waals surface area contributed by atoms with Gasteiger partial charge < -0.3 is 15.7 Å². The Labute approximate surface area is 121 Å². The maximum Gasteiger partial charge on any atom is 0.323 e. The number of nitrogens with zero attached hydrogens (tertiary/aromatic N) is 5. The van der Waals surface area contributed by atoms with E-state index in [1.165, 1.54) is 11.0 Å². The molecule has 2 heterocycles. The number of rotatable bonds is 6. The fourth-order valence-electron chi connectivity index (χ4n) is 1.61. The number of nitrogens with two attached hydrogens (primary N) is 1. The molecule has 21 heavy (non-hydrogen) atoms. The van der Waals surface area contributed by atoms with Crippen LogP contribution in [0.2, 0.25) is 0 Å². The Hall–Kier alpha value is -2.82. The first-order valence-corrected chi connectivity index (χ1v) is 6.47. The summed E-state index contributed by atoms with van der Waals surface area (Å²) in [5.41, 5.74) is 5.43. The summed E-state index contributed by atoms with van der Waals surface area (Å²) < 4.78 is 1.27. The number of carboxylic acid groups (broad SMARTS) is 1. The number of hydrogen-bond acceptors (Lipinski definition) is 7. The molecule has 3 N–H and O–H groups in total. The van der Waals surface area contributed by atoms with Crippen molar-refractivity contribution in [1.29, 1.82) is 0 Å². The van der Waals surface area contributed by atoms with Crippen LogP contribution in [0.5, 0.6) is 0 Å². The molecule has 2 rings (SSSR count). The topological polar surface area (TPSA) is 144 Å². The molecule has 2 aromatic rings. The second-order valence-corrected chi connectivity index (χ2v) is 4.83. The van der Waals surface area contributed by atoms with Gasteiger partial charge in [0.2, 0.25) is 5.91 Å². The maximum absolute atomic E-state index is 12.4. The first-order valence-electron chi connectivity index (χ1n) is 5.59. The lowest BCUT2D eigenvalue weighted by Crippen LogP contribution is -2.41. The Bertz CT molecular complexity index is 651. The standard InChI is InChI=1S/C10H10N6O4S/c11-7(17)3-15(4-8(18)19)10(20)9-6(1-2-21-9)16-5-12-13-14-16/h1-2,5H,3-4H2,(H2,11,17)(H,18,19). The predicted octanol–water partition coefficient (Wildman–Crippen LogP) is -1.26. The SMILES string of the molecule is NC(=O)CN(CC(=O)O)C(=O)c1sccc1-n1cnnn1. The zero-order valence-corrected chi connectivity index (χ0v) is 11.4. The van der Waals surface area contributed by atoms with Crippen LogP contribution in [0.4, 0.5) is 0 Å². The quantitative estimate of drug-likeness (QED) is 0.677. The number of carbonyl (C=O) groups is 3. The van der Waals surface area contributed by atoms with E-state index in [0.717, 1.165) is 16.2 Å². The molecule has 0 aliphatic carbocycles. The summed E-state index contributed by atoms with van der Waals surface area (Å²) in [5.74, 6) is -2.67. The number of carbonyl (C=O) groups excluding carboxylic acids is 2. The van der Waals surface area contributed by atoms with Gasteiger partial charge in [-0.05, 0) is 21.9 Å². The van der Waals surface area contributed by atoms with Gasteiger partial charge in [0, 0.05) is 0 Å². The Morgan fingerprint density at radius 3 is 2.71 bits per heavy atom. The van der Waals surface area contributed by atoms with Crippen molar-refractivity contribution in [3.63, 3.8) is 0 Å². The van der Waals surface area contributed by atoms with Crippen molar-refractivity contribution >= 4 is 29.1 Å². The van der Waals surface area contributed by atoms with Gasteiger partial charge in [0.1, 0.15) is 24.3 Å². The lowest BCUT2D eigenvalue weighted by Gasteiger charge is -2.18. The number of primary amides is 1. The zero-order valence-electron chi connectivity index (χ0n) is 10.5. The van der Waals surface area contributed by atoms with Crippen LogP contribution in [0.3, 0.4) is 0 Å². The Morgan fingerprint density at radius 2 is 2.14 bits per heavy atom. The van der Waals surface area contributed by atoms with Crippen molar-refractivity contribution in [2.75, 3.05) is 13.1 Å². The lowest BCUT2D eigenvalue weighted by atomic mass is 10.3. The highest BCUT2D eigenvalue weighted by Gasteiger charge is 2.24. The van der Waals surface area contributed by atoms with Crippen molar-refractivity contribution in [2.45, 2.75) is 0 Å². The third kappa shape index (κ3) is 3.39. The molecule has 0 unspecified atom stereocenters. The van der Waals surface area contributed by atoms with E-state index in [2.05, 4.69) is 15.5 Å². The van der Waals surface area contributed by atoms with Crippen molar-refractivity contribution in [3.05, 3.63) is 22.7 Å². The molecule has 0 aliphatic heterocycles. The molecular formula is C10H10N6O4S. The zero-order chi connectivity index (χ0) is 15.4. The van der Waals surface area contributed by atoms with E-state index in [0.29, 0.717) is 5.69 Å². The van der Waals surface area contributed by atoms with E-state index >= 15 is 0 Å². The Balaban J connectivity index is 2.31. The molecule has 0 fully saturated rings. The molecule has 0 aliphatic rings. The number of thiophene rings is 1. The molecule has 10 nitrogen and oxygen atoms in total. The monoisotopic (exact) mass is 310 g/mol. The van der Waals surface area contributed by atoms with Gasteiger partial charge in [-0.15, -0.1) is 16.4 Å². The van der Waals surface area contributed by atoms with Gasteiger partial charge in [-0.2, -0.15) is 4.68 Å². The first-order chi connectivity index (χ1) is 9.99. The summed E-state index contributed by atoms with van der Waals surface area (Å²) in [6, 6.07) is 1.61. The molecule has 0 saturated carbocycles. The summed E-state index contributed by atoms with van der Waals surface area (Å²) in [6.07, 6.45) is 1.30. The van der Waals surface area contributed by atoms with E-state index in [1.807, 2.05) is 0 Å². The predicted molar refractivity (Wildman–Crippen MR) is 69.8 cm³/mol. The Morgan fingerprint density at radius 1 is 1.38 bits per heavy atom. The van der Waals surface area contributed by atoms with E-state index in [1.54, 1.807) is 11.4 Å². The summed E-state index contributed by atoms with van der Waals surface area (Å²) in [4.78, 5) is 35.2. The van der Waals surface area contributed by atoms with Crippen LogP contribution in [0.25, 0.3) is 5.69 Å². The van der Waals surface area contributed by atoms with E-state index in [9.17, 15) is 14.4 Å². The van der Waals surface area contributed by atoms with Gasteiger partial charge in [-0.25, -0.2) is 0 Å². The average molecular weight is 310 g/mol. The fraction of sp³-hybridized carbons (Fsp3) is 0.200. The van der Waals surface area contributed by atoms with Crippen LogP contribution in [0, 0.1) is 0 Å². The van der Waals surface area contributed by atoms with Gasteiger partial charge in [-0.1, -0.05) is 0 Å². The third-order valence-corrected chi connectivity index (χ3v) is 3.29. The second kappa shape index (κ2) is 6.09. The van der Waals surface area contributed by atoms with Crippen LogP contribution in [-0.4, -0.2) is 61.1 Å². The van der Waals surface area contributed by atoms with E-state index in [-0.39, 0.29) is 4.88 Å². The van der Waals surface area contributed by atoms with E-state index in [4.69, 9.17) is 10.8 Å². The minimum absolute atomic E-state index is 0.213. The van der Waals surface area contributed by atoms with Crippen LogP contribution in [-0.2, 0) is 9.59 Å². The lowest BCUT2D eigenvalue weighted by molar-refractivity contribution is -0.138. The van der Waals surface area contributed by atoms with Crippen molar-refractivity contribution < 1.29 is 19.5 Å². The van der Waals surface area contributed by atoms with Gasteiger partial charge >= 0.3 is 5.97 Å². The summed E-state index contributed by atoms with van der Waals surface area (Å²) in [7, 11) is 0. The normalized spacial score (nSPS) is 10.3. The molecule has 2 aromatic heterocycles. The molecule has 0 bridgehead atoms. The molecule has 110 valence electrons. The number of hydrogen-bond donors (Lipinski definition) is 2. The minimum atomic E-state index is -1.25. The molecule has 0 atom stereocenters. The van der Waals surface area contributed by atoms with Crippen molar-refractivity contribution in [1.82, 2.24) is 25.1 Å². The number of tetrazole rings is 1. The smallest absolute Gasteiger partial charge is 0.323 e. The number of aromatic nitrogens is 4. The van der Waals surface area contributed by atoms with E-state index < -0.39 is 30.9 Å². The van der Waals surface area contributed by atoms with Gasteiger partial charge in [0.05, 0.1) is 5.69 Å². The molecule has 0 aromatic carbocycles. The highest BCUT2D eigenvalue weighted by atomic mass is 32.1. The Kier molecular flexibility index (Phi) is 4.23. The van der Waals surface area contributed by atoms with Gasteiger partial charge in [0.25, 0.3) is 5.91 Å². The molecular weight excluding hydrogens is 300 g/mol. The molecule has 11 heteroatoms. The van der Waals surface area contributed by atoms with Crippen molar-refractivity contribution in [2.24, 2.45) is 5.73 Å². The van der Waals surface area contributed by atoms with Crippen LogP contribution < -0.4 is 5.73 Å². The van der Waals surface area contributed by atoms with Gasteiger partial charge in [0.15, 0.2) is 0 Å². The first kappa shape index (κ1) is 14.6. The number of aliphatic carboxylic acids is 1. The van der Waals surface area contributed by atoms with Crippen LogP contribution in [0.1, 0.15) is 9.67 Å². The van der Waals surface area contributed by atoms with Crippen molar-refractivity contribution in [3.8, 4) is 5.69 Å². The summed E-state index contributed by atoms with van der Waals surface area (Å²) >= 11 is 1.09. The highest BCUT2D eigenvalue weighted by Crippen LogP contribution is 2.21. The summed E-state index contributed by atoms with van der Waals surface area (Å²) in [5, 5.41) is 21.0. The minimum Gasteiger partial charge on any atom is -0.480 e. The van der Waals surface area contributed by atoms with Crippen LogP contribution >= 0.6 is 11.3 Å². The second-order valence-electron chi connectivity index (χ2n) is 3.91. The molecule has 0 radical (unpaired) electrons. The average Bonchev–Trinajstić information content (AvgIpc) is 3.06. The maximum atomic E-state index is 12.4. The number of carboxylic acids is 1. The van der Waals surface area contributed by atoms with Crippen LogP contribution in [0.15, 0.2) is 17.8 Å². The molecule has 0 saturated heterocycles. The largest absolute Gasteiger partial charge is 0.480 e. The molecule has 0 spiro atoms. The fourth-order valence-corrected chi connectivity index (χ4v) is 2.45. The molecule has 2 amide bonds.